The predicted octanol–water partition coefficient (Wildman–Crippen LogP) is 1.97. The van der Waals surface area contributed by atoms with Gasteiger partial charge in [-0.05, 0) is 24.1 Å². The van der Waals surface area contributed by atoms with Crippen LogP contribution in [0.3, 0.4) is 0 Å². The Morgan fingerprint density at radius 3 is 2.52 bits per heavy atom. The van der Waals surface area contributed by atoms with Crippen molar-refractivity contribution in [1.29, 1.82) is 0 Å². The number of hydrogen-bond acceptors (Lipinski definition) is 5. The summed E-state index contributed by atoms with van der Waals surface area (Å²) in [5.41, 5.74) is 9.21. The lowest BCUT2D eigenvalue weighted by Crippen LogP contribution is -2.40. The van der Waals surface area contributed by atoms with E-state index in [1.54, 1.807) is 24.3 Å². The van der Waals surface area contributed by atoms with Crippen LogP contribution >= 0.6 is 0 Å². The summed E-state index contributed by atoms with van der Waals surface area (Å²) < 4.78 is 9.87. The highest BCUT2D eigenvalue weighted by Crippen LogP contribution is 2.13. The van der Waals surface area contributed by atoms with Crippen LogP contribution < -0.4 is 5.32 Å². The number of rotatable bonds is 8. The van der Waals surface area contributed by atoms with Gasteiger partial charge < -0.3 is 19.0 Å². The Hall–Kier alpha value is -1.90. The number of carbonyl (C=O) groups is 1. The Kier molecular flexibility index (Phi) is 6.86. The van der Waals surface area contributed by atoms with Crippen molar-refractivity contribution in [3.05, 3.63) is 40.3 Å². The van der Waals surface area contributed by atoms with E-state index in [9.17, 15) is 9.59 Å². The van der Waals surface area contributed by atoms with Gasteiger partial charge in [0.1, 0.15) is 0 Å². The van der Waals surface area contributed by atoms with Crippen LogP contribution in [0.15, 0.2) is 29.4 Å². The first-order valence-electron chi connectivity index (χ1n) is 6.30. The predicted molar refractivity (Wildman–Crippen MR) is 79.0 cm³/mol. The van der Waals surface area contributed by atoms with Gasteiger partial charge in [0.15, 0.2) is 0 Å². The van der Waals surface area contributed by atoms with Crippen molar-refractivity contribution in [3.63, 3.8) is 0 Å². The molecule has 0 aromatic heterocycles. The molecule has 9 heteroatoms. The Labute approximate surface area is 123 Å². The molecule has 0 unspecified atom stereocenters. The molecule has 8 nitrogen and oxygen atoms in total. The number of nitrogens with one attached hydrogen (secondary N) is 1. The number of amides is 1. The maximum atomic E-state index is 11.8. The van der Waals surface area contributed by atoms with Crippen LogP contribution in [-0.4, -0.2) is 40.3 Å². The van der Waals surface area contributed by atoms with E-state index in [1.807, 2.05) is 0 Å². The van der Waals surface area contributed by atoms with E-state index in [0.717, 1.165) is 0 Å². The van der Waals surface area contributed by atoms with E-state index in [2.05, 4.69) is 15.3 Å². The third kappa shape index (κ3) is 5.54. The third-order valence-electron chi connectivity index (χ3n) is 2.88. The molecule has 0 aliphatic rings. The molecule has 0 aliphatic carbocycles. The molecule has 0 bridgehead atoms. The second kappa shape index (κ2) is 8.40. The van der Waals surface area contributed by atoms with E-state index in [1.165, 1.54) is 14.2 Å². The van der Waals surface area contributed by atoms with E-state index in [-0.39, 0.29) is 5.91 Å². The summed E-state index contributed by atoms with van der Waals surface area (Å²) in [4.78, 5) is 24.3. The molecule has 0 radical (unpaired) electrons. The summed E-state index contributed by atoms with van der Waals surface area (Å²) >= 11 is 0. The van der Waals surface area contributed by atoms with Crippen LogP contribution in [0.25, 0.3) is 10.4 Å². The molecule has 0 atom stereocenters. The van der Waals surface area contributed by atoms with Crippen molar-refractivity contribution >= 4 is 20.4 Å². The number of nitrogens with zero attached hydrogens (tertiary/aromatic N) is 3. The summed E-state index contributed by atoms with van der Waals surface area (Å²) in [7, 11) is -0.258. The molecule has 0 saturated heterocycles. The number of carbonyl (C=O) groups excluding carboxylic acids is 1. The molecule has 2 N–H and O–H groups in total. The SMILES string of the molecule is CO[Si](O)(CCCNC(=O)c1ccc(N=[N+]=[N-])cc1)OC. The zero-order valence-electron chi connectivity index (χ0n) is 11.9. The molecule has 0 heterocycles. The first-order valence-corrected chi connectivity index (χ1v) is 8.28. The molecule has 0 fully saturated rings. The van der Waals surface area contributed by atoms with Crippen LogP contribution in [0.1, 0.15) is 16.8 Å². The number of azide groups is 1. The average Bonchev–Trinajstić information content (AvgIpc) is 2.52. The van der Waals surface area contributed by atoms with Gasteiger partial charge in [0.2, 0.25) is 0 Å². The van der Waals surface area contributed by atoms with Gasteiger partial charge in [0.25, 0.3) is 5.91 Å². The summed E-state index contributed by atoms with van der Waals surface area (Å²) in [6.07, 6.45) is 0.549. The fourth-order valence-corrected chi connectivity index (χ4v) is 2.83. The number of benzene rings is 1. The van der Waals surface area contributed by atoms with Crippen molar-refractivity contribution in [3.8, 4) is 0 Å². The van der Waals surface area contributed by atoms with Crippen LogP contribution in [0.5, 0.6) is 0 Å². The second-order valence-corrected chi connectivity index (χ2v) is 6.96. The van der Waals surface area contributed by atoms with Gasteiger partial charge in [-0.1, -0.05) is 17.2 Å². The minimum absolute atomic E-state index is 0.234. The maximum absolute atomic E-state index is 11.8. The van der Waals surface area contributed by atoms with Crippen LogP contribution in [0, 0.1) is 0 Å². The minimum Gasteiger partial charge on any atom is -0.390 e. The lowest BCUT2D eigenvalue weighted by atomic mass is 10.2. The highest BCUT2D eigenvalue weighted by atomic mass is 28.4. The fourth-order valence-electron chi connectivity index (χ4n) is 1.63. The Morgan fingerprint density at radius 1 is 1.38 bits per heavy atom. The Bertz CT molecular complexity index is 512. The normalized spacial score (nSPS) is 10.8. The van der Waals surface area contributed by atoms with E-state index < -0.39 is 8.80 Å². The standard InChI is InChI=1S/C12H18N4O4Si/c1-19-21(18,20-2)9-3-8-14-12(17)10-4-6-11(7-5-10)15-16-13/h4-7,18H,3,8-9H2,1-2H3,(H,14,17). The number of hydrogen-bond donors (Lipinski definition) is 2. The van der Waals surface area contributed by atoms with Gasteiger partial charge in [-0.15, -0.1) is 0 Å². The Balaban J connectivity index is 2.42. The summed E-state index contributed by atoms with van der Waals surface area (Å²) in [5, 5.41) is 6.16. The molecule has 1 aromatic rings. The zero-order valence-corrected chi connectivity index (χ0v) is 12.9. The molecule has 1 rings (SSSR count). The lowest BCUT2D eigenvalue weighted by molar-refractivity contribution is 0.0951. The maximum Gasteiger partial charge on any atom is 0.497 e. The molecule has 0 spiro atoms. The summed E-state index contributed by atoms with van der Waals surface area (Å²) in [5.74, 6) is -0.234. The van der Waals surface area contributed by atoms with Crippen molar-refractivity contribution in [2.45, 2.75) is 12.5 Å². The third-order valence-corrected chi connectivity index (χ3v) is 5.14. The highest BCUT2D eigenvalue weighted by Gasteiger charge is 2.33. The molecule has 0 saturated carbocycles. The van der Waals surface area contributed by atoms with Gasteiger partial charge in [0.05, 0.1) is 0 Å². The monoisotopic (exact) mass is 310 g/mol. The molecular formula is C12H18N4O4Si. The molecule has 21 heavy (non-hydrogen) atoms. The lowest BCUT2D eigenvalue weighted by Gasteiger charge is -2.19. The van der Waals surface area contributed by atoms with Crippen molar-refractivity contribution in [1.82, 2.24) is 5.32 Å². The fraction of sp³-hybridized carbons (Fsp3) is 0.417. The quantitative estimate of drug-likeness (QED) is 0.251. The highest BCUT2D eigenvalue weighted by molar-refractivity contribution is 6.59. The largest absolute Gasteiger partial charge is 0.497 e. The van der Waals surface area contributed by atoms with Crippen LogP contribution in [-0.2, 0) is 8.85 Å². The second-order valence-electron chi connectivity index (χ2n) is 4.22. The zero-order chi connectivity index (χ0) is 15.7. The van der Waals surface area contributed by atoms with Crippen LogP contribution in [0.2, 0.25) is 6.04 Å². The van der Waals surface area contributed by atoms with Gasteiger partial charge in [0, 0.05) is 43.0 Å². The first kappa shape index (κ1) is 17.1. The summed E-state index contributed by atoms with van der Waals surface area (Å²) in [6, 6.07) is 6.66. The average molecular weight is 310 g/mol. The smallest absolute Gasteiger partial charge is 0.390 e. The summed E-state index contributed by atoms with van der Waals surface area (Å²) in [6.45, 7) is 0.402. The van der Waals surface area contributed by atoms with Gasteiger partial charge in [-0.2, -0.15) is 0 Å². The molecular weight excluding hydrogens is 292 g/mol. The van der Waals surface area contributed by atoms with E-state index in [0.29, 0.717) is 30.3 Å². The van der Waals surface area contributed by atoms with Crippen molar-refractivity contribution in [2.75, 3.05) is 20.8 Å². The van der Waals surface area contributed by atoms with Gasteiger partial charge in [-0.25, -0.2) is 0 Å². The first-order chi connectivity index (χ1) is 10.0. The van der Waals surface area contributed by atoms with Gasteiger partial charge >= 0.3 is 8.80 Å². The molecule has 0 aliphatic heterocycles. The Morgan fingerprint density at radius 2 is 2.00 bits per heavy atom. The minimum atomic E-state index is -3.06. The topological polar surface area (TPSA) is 117 Å². The molecule has 1 amide bonds. The van der Waals surface area contributed by atoms with Gasteiger partial charge in [-0.3, -0.25) is 4.79 Å². The van der Waals surface area contributed by atoms with Crippen LogP contribution in [0.4, 0.5) is 5.69 Å². The van der Waals surface area contributed by atoms with Crippen molar-refractivity contribution < 1.29 is 18.4 Å². The molecule has 114 valence electrons. The van der Waals surface area contributed by atoms with E-state index >= 15 is 0 Å². The molecule has 1 aromatic carbocycles. The van der Waals surface area contributed by atoms with E-state index in [4.69, 9.17) is 14.4 Å². The van der Waals surface area contributed by atoms with Crippen molar-refractivity contribution in [2.24, 2.45) is 5.11 Å².